The van der Waals surface area contributed by atoms with E-state index in [-0.39, 0.29) is 98.1 Å². The number of carbonyl (C=O) groups is 4. The molecule has 10 aromatic rings. The Labute approximate surface area is 812 Å². The number of rotatable bonds is 12. The minimum absolute atomic E-state index is 0.0463. The number of urea groups is 4. The summed E-state index contributed by atoms with van der Waals surface area (Å²) in [7, 11) is 6.36. The molecule has 135 heavy (non-hydrogen) atoms. The second-order valence-electron chi connectivity index (χ2n) is 34.7. The van der Waals surface area contributed by atoms with Gasteiger partial charge in [0.25, 0.3) is 0 Å². The van der Waals surface area contributed by atoms with Crippen LogP contribution in [0.3, 0.4) is 0 Å². The number of halogens is 3. The third kappa shape index (κ3) is 26.4. The number of nitrogens with zero attached hydrogens (tertiary/aromatic N) is 8. The smallest absolute Gasteiger partial charge is 0.321 e. The van der Waals surface area contributed by atoms with Crippen LogP contribution in [-0.4, -0.2) is 310 Å². The number of β-amino-alcohol motifs (C(OH)–C–C–N with tert-alkyl or cyclic N) is 4. The van der Waals surface area contributed by atoms with E-state index in [9.17, 15) is 60.0 Å². The van der Waals surface area contributed by atoms with Crippen molar-refractivity contribution in [3.63, 3.8) is 0 Å². The number of ether oxygens (including phenoxy) is 4. The number of carbonyl (C=O) groups excluding carboxylic acids is 4. The van der Waals surface area contributed by atoms with Gasteiger partial charge in [-0.3, -0.25) is 19.6 Å². The van der Waals surface area contributed by atoms with Crippen LogP contribution in [-0.2, 0) is 0 Å². The Morgan fingerprint density at radius 3 is 0.696 bits per heavy atom. The maximum absolute atomic E-state index is 13.1. The van der Waals surface area contributed by atoms with Gasteiger partial charge in [0.2, 0.25) is 0 Å². The number of hydrogen-bond donors (Lipinski definition) is 12. The fraction of sp³-hybridized carbons (Fsp3) is 0.346. The molecule has 18 rings (SSSR count). The minimum atomic E-state index is -1.01. The van der Waals surface area contributed by atoms with E-state index in [4.69, 9.17) is 25.4 Å². The van der Waals surface area contributed by atoms with E-state index >= 15 is 0 Å². The van der Waals surface area contributed by atoms with Crippen molar-refractivity contribution < 1.29 is 79.0 Å². The molecule has 0 aliphatic carbocycles. The van der Waals surface area contributed by atoms with Crippen LogP contribution in [0.4, 0.5) is 41.9 Å². The Kier molecular flexibility index (Phi) is 34.9. The summed E-state index contributed by atoms with van der Waals surface area (Å²) < 4.78 is 23.7. The first-order valence-corrected chi connectivity index (χ1v) is 47.3. The van der Waals surface area contributed by atoms with Gasteiger partial charge in [-0.15, -0.1) is 6.42 Å². The number of benzene rings is 10. The first kappa shape index (κ1) is 99.5. The van der Waals surface area contributed by atoms with Gasteiger partial charge in [-0.1, -0.05) is 150 Å². The third-order valence-corrected chi connectivity index (χ3v) is 27.6. The molecule has 708 valence electrons. The molecule has 16 atom stereocenters. The molecule has 0 saturated carbocycles. The lowest BCUT2D eigenvalue weighted by Crippen LogP contribution is -2.65. The summed E-state index contributed by atoms with van der Waals surface area (Å²) in [5, 5.41) is 94.7. The number of nitrogens with one attached hydrogen (secondary N) is 4. The van der Waals surface area contributed by atoms with E-state index < -0.39 is 48.8 Å². The van der Waals surface area contributed by atoms with E-state index in [2.05, 4.69) is 155 Å². The number of aliphatic hydroxyl groups excluding tert-OH is 8. The van der Waals surface area contributed by atoms with Crippen molar-refractivity contribution in [1.29, 1.82) is 0 Å². The second-order valence-corrected chi connectivity index (χ2v) is 37.5. The SMILES string of the molecule is C#Cc1ccccc1.COc1ccc(NC(=O)N2C[C@@H](O)[C@@H](O)CN3C[C@H](c4ccc(Br)cc4)[C@@H]3C2)cc1.COc1ccc(NC(=O)N2C[C@@H](O)[C@@H](O)CN3C[C@H](c4ccc(Br)cc4)[C@@H]3C2)cc1.COc1ccc(NC(=O)N2C[C@@H](O)[C@@H](O)CN3C[C@H](c4ccc(C#Cc5ccccc5)cc4)[C@@H]3C2)cc1.COc1ccc(NC(=O)N2C[C@H](O)[C@H](O)CN3C[C@H](c4ccc(Br)cc4)[C@@H]3C2)cc1. The zero-order chi connectivity index (χ0) is 95.3. The van der Waals surface area contributed by atoms with Crippen molar-refractivity contribution in [3.8, 4) is 47.2 Å². The highest BCUT2D eigenvalue weighted by atomic mass is 79.9. The van der Waals surface area contributed by atoms with Gasteiger partial charge in [-0.2, -0.15) is 0 Å². The summed E-state index contributed by atoms with van der Waals surface area (Å²) in [6.07, 6.45) is -2.47. The molecular weight excluding hydrogens is 1910 g/mol. The summed E-state index contributed by atoms with van der Waals surface area (Å²) in [6.45, 7) is 6.96. The molecule has 0 bridgehead atoms. The molecule has 10 aromatic carbocycles. The molecule has 0 aromatic heterocycles. The van der Waals surface area contributed by atoms with Gasteiger partial charge in [-0.05, 0) is 192 Å². The van der Waals surface area contributed by atoms with Gasteiger partial charge < -0.3 is 101 Å². The third-order valence-electron chi connectivity index (χ3n) is 26.0. The summed E-state index contributed by atoms with van der Waals surface area (Å²) in [4.78, 5) is 67.0. The molecule has 0 spiro atoms. The largest absolute Gasteiger partial charge is 0.497 e. The van der Waals surface area contributed by atoms with Crippen LogP contribution in [0.25, 0.3) is 0 Å². The standard InChI is InChI=1S/C30H31N3O4.3C22H26BrN3O4.C8H6/c1-37-25-15-13-24(14-16-25)31-30(36)33-18-27-26(17-32(27)19-28(34)29(35)20-33)23-11-9-22(10-12-23)8-7-21-5-3-2-4-6-21;3*1-30-17-8-6-16(7-9-17)24-22(29)26-11-19-18(14-2-4-15(23)5-3-14)10-25(19)12-20(27)21(28)13-26;1-2-8-6-4-3-5-7-8/h2-6,9-16,26-29,34-35H,17-20H2,1H3,(H,31,36);3*2-9,18-21,27-28H,10-13H2,1H3,(H,24,29);1,3-7H/t26-,27+,28+,29-;2*18-,19+,20+,21-;18-,19+,20-,21+;/m1111./s1. The van der Waals surface area contributed by atoms with Crippen LogP contribution >= 0.6 is 47.8 Å². The highest BCUT2D eigenvalue weighted by molar-refractivity contribution is 9.11. The average Bonchev–Trinajstić information content (AvgIpc) is 0.776. The number of fused-ring (bicyclic) bond motifs is 4. The van der Waals surface area contributed by atoms with Gasteiger partial charge in [0.05, 0.1) is 103 Å². The van der Waals surface area contributed by atoms with Crippen LogP contribution in [0.2, 0.25) is 0 Å². The normalized spacial score (nSPS) is 24.7. The van der Waals surface area contributed by atoms with Gasteiger partial charge >= 0.3 is 24.1 Å². The fourth-order valence-electron chi connectivity index (χ4n) is 18.0. The predicted molar refractivity (Wildman–Crippen MR) is 530 cm³/mol. The molecular formula is C104H115Br3N12O16. The average molecular weight is 2030 g/mol. The van der Waals surface area contributed by atoms with E-state index in [0.29, 0.717) is 98.1 Å². The summed E-state index contributed by atoms with van der Waals surface area (Å²) in [6, 6.07) is 80.0. The van der Waals surface area contributed by atoms with Crippen molar-refractivity contribution in [2.24, 2.45) is 0 Å². The summed E-state index contributed by atoms with van der Waals surface area (Å²) >= 11 is 10.4. The van der Waals surface area contributed by atoms with Crippen LogP contribution in [0.5, 0.6) is 23.0 Å². The Bertz CT molecular complexity index is 5280. The van der Waals surface area contributed by atoms with E-state index in [1.165, 1.54) is 22.3 Å². The number of aliphatic hydroxyl groups is 8. The number of terminal acetylenes is 1. The first-order valence-electron chi connectivity index (χ1n) is 44.9. The first-order chi connectivity index (χ1) is 65.2. The van der Waals surface area contributed by atoms with Crippen molar-refractivity contribution in [3.05, 3.63) is 307 Å². The zero-order valence-electron chi connectivity index (χ0n) is 75.4. The number of methoxy groups -OCH3 is 4. The Morgan fingerprint density at radius 1 is 0.274 bits per heavy atom. The predicted octanol–water partition coefficient (Wildman–Crippen LogP) is 12.3. The molecule has 8 aliphatic rings. The molecule has 0 unspecified atom stereocenters. The Hall–Kier alpha value is -11.4. The maximum atomic E-state index is 13.1. The van der Waals surface area contributed by atoms with Crippen molar-refractivity contribution in [1.82, 2.24) is 39.2 Å². The van der Waals surface area contributed by atoms with Crippen molar-refractivity contribution >= 4 is 94.7 Å². The molecule has 8 amide bonds. The van der Waals surface area contributed by atoms with E-state index in [1.54, 1.807) is 145 Å². The quantitative estimate of drug-likeness (QED) is 0.0506. The van der Waals surface area contributed by atoms with Gasteiger partial charge in [0.15, 0.2) is 0 Å². The van der Waals surface area contributed by atoms with E-state index in [0.717, 1.165) is 56.3 Å². The molecule has 28 nitrogen and oxygen atoms in total. The lowest BCUT2D eigenvalue weighted by molar-refractivity contribution is -0.0720. The monoisotopic (exact) mass is 2020 g/mol. The molecule has 8 heterocycles. The zero-order valence-corrected chi connectivity index (χ0v) is 80.2. The van der Waals surface area contributed by atoms with Crippen molar-refractivity contribution in [2.75, 3.05) is 154 Å². The Balaban J connectivity index is 0.000000141. The van der Waals surface area contributed by atoms with Gasteiger partial charge in [-0.25, -0.2) is 19.2 Å². The fourth-order valence-corrected chi connectivity index (χ4v) is 18.8. The lowest BCUT2D eigenvalue weighted by atomic mass is 9.81. The molecule has 0 radical (unpaired) electrons. The summed E-state index contributed by atoms with van der Waals surface area (Å²) in [5.41, 5.74) is 10.3. The number of anilines is 4. The molecule has 8 aliphatic heterocycles. The molecule has 31 heteroatoms. The van der Waals surface area contributed by atoms with Crippen LogP contribution < -0.4 is 40.2 Å². The molecule has 12 N–H and O–H groups in total. The molecule has 8 fully saturated rings. The maximum Gasteiger partial charge on any atom is 0.321 e. The minimum Gasteiger partial charge on any atom is -0.497 e. The number of hydrogen-bond acceptors (Lipinski definition) is 20. The van der Waals surface area contributed by atoms with Crippen LogP contribution in [0.1, 0.15) is 62.6 Å². The highest BCUT2D eigenvalue weighted by Crippen LogP contribution is 2.42. The van der Waals surface area contributed by atoms with Gasteiger partial charge in [0, 0.05) is 179 Å². The van der Waals surface area contributed by atoms with Crippen LogP contribution in [0, 0.1) is 24.2 Å². The topological polar surface area (TPSA) is 341 Å². The second kappa shape index (κ2) is 47.4. The molecule has 8 saturated heterocycles. The Morgan fingerprint density at radius 2 is 0.481 bits per heavy atom. The summed E-state index contributed by atoms with van der Waals surface area (Å²) in [5.74, 6) is 12.8. The van der Waals surface area contributed by atoms with E-state index in [1.807, 2.05) is 109 Å². The lowest BCUT2D eigenvalue weighted by Gasteiger charge is -2.52. The highest BCUT2D eigenvalue weighted by Gasteiger charge is 2.49. The number of amides is 8. The van der Waals surface area contributed by atoms with Gasteiger partial charge in [0.1, 0.15) is 23.0 Å². The van der Waals surface area contributed by atoms with Crippen LogP contribution in [0.15, 0.2) is 268 Å². The van der Waals surface area contributed by atoms with Crippen molar-refractivity contribution in [2.45, 2.75) is 96.7 Å².